The van der Waals surface area contributed by atoms with E-state index in [4.69, 9.17) is 4.74 Å². The molecule has 0 radical (unpaired) electrons. The van der Waals surface area contributed by atoms with Gasteiger partial charge in [-0.3, -0.25) is 14.4 Å². The molecule has 0 saturated carbocycles. The van der Waals surface area contributed by atoms with E-state index in [-0.39, 0.29) is 12.5 Å². The Bertz CT molecular complexity index is 901. The first-order valence-electron chi connectivity index (χ1n) is 10.0. The number of anilines is 1. The molecule has 0 atom stereocenters. The van der Waals surface area contributed by atoms with Crippen LogP contribution in [0.25, 0.3) is 5.69 Å². The van der Waals surface area contributed by atoms with Crippen molar-refractivity contribution in [3.63, 3.8) is 0 Å². The number of esters is 1. The molecule has 30 heavy (non-hydrogen) atoms. The summed E-state index contributed by atoms with van der Waals surface area (Å²) >= 11 is 0. The van der Waals surface area contributed by atoms with Crippen LogP contribution in [0, 0.1) is 26.7 Å². The van der Waals surface area contributed by atoms with Gasteiger partial charge in [0, 0.05) is 6.42 Å². The number of nitrogens with one attached hydrogen (secondary N) is 2. The molecule has 0 unspecified atom stereocenters. The van der Waals surface area contributed by atoms with Crippen molar-refractivity contribution < 1.29 is 19.1 Å². The fourth-order valence-electron chi connectivity index (χ4n) is 2.81. The zero-order valence-electron chi connectivity index (χ0n) is 18.2. The van der Waals surface area contributed by atoms with E-state index in [0.29, 0.717) is 23.7 Å². The van der Waals surface area contributed by atoms with Gasteiger partial charge in [-0.05, 0) is 45.2 Å². The number of aromatic nitrogens is 2. The Morgan fingerprint density at radius 3 is 2.37 bits per heavy atom. The normalized spacial score (nSPS) is 10.7. The highest BCUT2D eigenvalue weighted by molar-refractivity contribution is 5.94. The molecule has 1 aromatic heterocycles. The summed E-state index contributed by atoms with van der Waals surface area (Å²) in [5.41, 5.74) is 4.05. The van der Waals surface area contributed by atoms with Gasteiger partial charge in [0.15, 0.2) is 6.61 Å². The molecule has 0 aliphatic heterocycles. The molecule has 0 aliphatic rings. The van der Waals surface area contributed by atoms with Gasteiger partial charge in [0.25, 0.3) is 5.91 Å². The predicted octanol–water partition coefficient (Wildman–Crippen LogP) is 2.83. The highest BCUT2D eigenvalue weighted by atomic mass is 16.5. The molecule has 162 valence electrons. The smallest absolute Gasteiger partial charge is 0.325 e. The number of rotatable bonds is 9. The van der Waals surface area contributed by atoms with Crippen LogP contribution in [-0.2, 0) is 19.1 Å². The molecule has 1 aromatic carbocycles. The van der Waals surface area contributed by atoms with Crippen LogP contribution in [0.1, 0.15) is 43.6 Å². The van der Waals surface area contributed by atoms with Gasteiger partial charge in [-0.2, -0.15) is 5.10 Å². The number of benzene rings is 1. The van der Waals surface area contributed by atoms with E-state index < -0.39 is 18.5 Å². The standard InChI is InChI=1S/C22H30N4O4/c1-14(2)6-11-19(27)23-12-21(29)30-13-20(28)24-22-16(4)25-26(17(22)5)18-9-7-15(3)8-10-18/h7-10,14H,6,11-13H2,1-5H3,(H,23,27)(H,24,28). The Hall–Kier alpha value is -3.16. The van der Waals surface area contributed by atoms with Crippen molar-refractivity contribution in [1.82, 2.24) is 15.1 Å². The van der Waals surface area contributed by atoms with Crippen molar-refractivity contribution in [1.29, 1.82) is 0 Å². The van der Waals surface area contributed by atoms with Crippen LogP contribution in [-0.4, -0.2) is 40.7 Å². The number of hydrogen-bond acceptors (Lipinski definition) is 5. The van der Waals surface area contributed by atoms with E-state index in [9.17, 15) is 14.4 Å². The van der Waals surface area contributed by atoms with Gasteiger partial charge in [-0.25, -0.2) is 4.68 Å². The summed E-state index contributed by atoms with van der Waals surface area (Å²) in [6.45, 7) is 9.01. The van der Waals surface area contributed by atoms with Crippen molar-refractivity contribution >= 4 is 23.5 Å². The quantitative estimate of drug-likeness (QED) is 0.614. The van der Waals surface area contributed by atoms with Gasteiger partial charge >= 0.3 is 5.97 Å². The average Bonchev–Trinajstić information content (AvgIpc) is 2.98. The fraction of sp³-hybridized carbons (Fsp3) is 0.455. The maximum absolute atomic E-state index is 12.2. The Morgan fingerprint density at radius 2 is 1.73 bits per heavy atom. The van der Waals surface area contributed by atoms with Gasteiger partial charge in [0.05, 0.1) is 22.8 Å². The van der Waals surface area contributed by atoms with Gasteiger partial charge in [0.2, 0.25) is 5.91 Å². The van der Waals surface area contributed by atoms with E-state index in [2.05, 4.69) is 15.7 Å². The lowest BCUT2D eigenvalue weighted by atomic mass is 10.1. The molecule has 0 bridgehead atoms. The van der Waals surface area contributed by atoms with Crippen LogP contribution in [0.15, 0.2) is 24.3 Å². The number of carbonyl (C=O) groups excluding carboxylic acids is 3. The summed E-state index contributed by atoms with van der Waals surface area (Å²) in [6.07, 6.45) is 1.10. The molecule has 0 fully saturated rings. The topological polar surface area (TPSA) is 102 Å². The van der Waals surface area contributed by atoms with Gasteiger partial charge < -0.3 is 15.4 Å². The van der Waals surface area contributed by atoms with Crippen LogP contribution >= 0.6 is 0 Å². The maximum Gasteiger partial charge on any atom is 0.325 e. The minimum atomic E-state index is -0.660. The van der Waals surface area contributed by atoms with E-state index in [1.807, 2.05) is 52.0 Å². The molecule has 2 rings (SSSR count). The van der Waals surface area contributed by atoms with Crippen molar-refractivity contribution in [2.45, 2.75) is 47.5 Å². The number of carbonyl (C=O) groups is 3. The second-order valence-corrected chi connectivity index (χ2v) is 7.71. The summed E-state index contributed by atoms with van der Waals surface area (Å²) in [5, 5.41) is 9.73. The van der Waals surface area contributed by atoms with E-state index >= 15 is 0 Å². The van der Waals surface area contributed by atoms with Crippen molar-refractivity contribution in [3.8, 4) is 5.69 Å². The molecule has 0 spiro atoms. The lowest BCUT2D eigenvalue weighted by molar-refractivity contribution is -0.147. The first-order chi connectivity index (χ1) is 14.2. The van der Waals surface area contributed by atoms with Crippen molar-refractivity contribution in [2.24, 2.45) is 5.92 Å². The minimum Gasteiger partial charge on any atom is -0.454 e. The molecule has 0 saturated heterocycles. The zero-order valence-corrected chi connectivity index (χ0v) is 18.2. The second kappa shape index (κ2) is 10.6. The van der Waals surface area contributed by atoms with Gasteiger partial charge in [-0.15, -0.1) is 0 Å². The van der Waals surface area contributed by atoms with Crippen LogP contribution in [0.3, 0.4) is 0 Å². The largest absolute Gasteiger partial charge is 0.454 e. The van der Waals surface area contributed by atoms with Gasteiger partial charge in [-0.1, -0.05) is 31.5 Å². The second-order valence-electron chi connectivity index (χ2n) is 7.71. The Morgan fingerprint density at radius 1 is 1.07 bits per heavy atom. The highest BCUT2D eigenvalue weighted by Gasteiger charge is 2.16. The molecule has 8 nitrogen and oxygen atoms in total. The first kappa shape index (κ1) is 23.1. The fourth-order valence-corrected chi connectivity index (χ4v) is 2.81. The molecule has 2 N–H and O–H groups in total. The number of ether oxygens (including phenoxy) is 1. The SMILES string of the molecule is Cc1ccc(-n2nc(C)c(NC(=O)COC(=O)CNC(=O)CCC(C)C)c2C)cc1. The van der Waals surface area contributed by atoms with E-state index in [1.54, 1.807) is 11.6 Å². The predicted molar refractivity (Wildman–Crippen MR) is 114 cm³/mol. The number of amides is 2. The molecular weight excluding hydrogens is 384 g/mol. The maximum atomic E-state index is 12.2. The third-order valence-corrected chi connectivity index (χ3v) is 4.58. The third kappa shape index (κ3) is 6.72. The lowest BCUT2D eigenvalue weighted by Crippen LogP contribution is -2.32. The highest BCUT2D eigenvalue weighted by Crippen LogP contribution is 2.23. The van der Waals surface area contributed by atoms with E-state index in [1.165, 1.54) is 0 Å². The summed E-state index contributed by atoms with van der Waals surface area (Å²) in [6, 6.07) is 7.89. The summed E-state index contributed by atoms with van der Waals surface area (Å²) in [7, 11) is 0. The molecule has 0 aliphatic carbocycles. The van der Waals surface area contributed by atoms with Gasteiger partial charge in [0.1, 0.15) is 6.54 Å². The molecule has 8 heteroatoms. The number of hydrogen-bond donors (Lipinski definition) is 2. The first-order valence-corrected chi connectivity index (χ1v) is 10.0. The molecule has 2 aromatic rings. The Labute approximate surface area is 177 Å². The molecular formula is C22H30N4O4. The third-order valence-electron chi connectivity index (χ3n) is 4.58. The Balaban J connectivity index is 1.86. The molecule has 2 amide bonds. The van der Waals surface area contributed by atoms with Crippen LogP contribution in [0.4, 0.5) is 5.69 Å². The zero-order chi connectivity index (χ0) is 22.3. The van der Waals surface area contributed by atoms with E-state index in [0.717, 1.165) is 23.4 Å². The number of nitrogens with zero attached hydrogens (tertiary/aromatic N) is 2. The monoisotopic (exact) mass is 414 g/mol. The Kier molecular flexibility index (Phi) is 8.15. The summed E-state index contributed by atoms with van der Waals surface area (Å²) in [5.74, 6) is -0.926. The average molecular weight is 415 g/mol. The summed E-state index contributed by atoms with van der Waals surface area (Å²) in [4.78, 5) is 35.6. The molecule has 1 heterocycles. The van der Waals surface area contributed by atoms with Crippen LogP contribution in [0.5, 0.6) is 0 Å². The number of aryl methyl sites for hydroxylation is 2. The lowest BCUT2D eigenvalue weighted by Gasteiger charge is -2.09. The van der Waals surface area contributed by atoms with Crippen molar-refractivity contribution in [3.05, 3.63) is 41.2 Å². The van der Waals surface area contributed by atoms with Crippen molar-refractivity contribution in [2.75, 3.05) is 18.5 Å². The minimum absolute atomic E-state index is 0.208. The summed E-state index contributed by atoms with van der Waals surface area (Å²) < 4.78 is 6.70. The van der Waals surface area contributed by atoms with Crippen LogP contribution in [0.2, 0.25) is 0 Å². The van der Waals surface area contributed by atoms with Crippen LogP contribution < -0.4 is 10.6 Å².